The summed E-state index contributed by atoms with van der Waals surface area (Å²) in [6.07, 6.45) is 6.36. The molecule has 1 unspecified atom stereocenters. The number of fused-ring (bicyclic) bond motifs is 5. The smallest absolute Gasteiger partial charge is 0.270 e. The molecule has 0 bridgehead atoms. The Morgan fingerprint density at radius 2 is 2.07 bits per heavy atom. The molecule has 3 aliphatic rings. The fourth-order valence-corrected chi connectivity index (χ4v) is 7.13. The van der Waals surface area contributed by atoms with Gasteiger partial charge in [0.05, 0.1) is 0 Å². The Hall–Kier alpha value is -0.900. The first-order valence-corrected chi connectivity index (χ1v) is 11.5. The highest BCUT2D eigenvalue weighted by molar-refractivity contribution is 9.09. The van der Waals surface area contributed by atoms with Gasteiger partial charge in [-0.2, -0.15) is 8.78 Å². The molecular weight excluding hydrogens is 410 g/mol. The lowest BCUT2D eigenvalue weighted by molar-refractivity contribution is 0.0451. The zero-order valence-electron chi connectivity index (χ0n) is 16.0. The van der Waals surface area contributed by atoms with Gasteiger partial charge in [0, 0.05) is 10.9 Å². The summed E-state index contributed by atoms with van der Waals surface area (Å²) in [7, 11) is 0. The van der Waals surface area contributed by atoms with Crippen molar-refractivity contribution in [3.05, 3.63) is 41.0 Å². The number of benzene rings is 1. The number of alkyl halides is 1. The van der Waals surface area contributed by atoms with E-state index in [1.165, 1.54) is 11.1 Å². The Morgan fingerprint density at radius 3 is 2.81 bits per heavy atom. The van der Waals surface area contributed by atoms with Crippen LogP contribution >= 0.6 is 15.9 Å². The average molecular weight is 439 g/mol. The van der Waals surface area contributed by atoms with Gasteiger partial charge in [0.25, 0.3) is 6.08 Å². The molecule has 2 saturated carbocycles. The molecule has 5 atom stereocenters. The maximum absolute atomic E-state index is 13.9. The van der Waals surface area contributed by atoms with E-state index in [1.54, 1.807) is 6.07 Å². The van der Waals surface area contributed by atoms with E-state index in [0.717, 1.165) is 50.3 Å². The van der Waals surface area contributed by atoms with E-state index in [-0.39, 0.29) is 5.41 Å². The summed E-state index contributed by atoms with van der Waals surface area (Å²) in [5, 5.41) is 10.8. The summed E-state index contributed by atoms with van der Waals surface area (Å²) in [6.45, 7) is 2.12. The number of phenolic OH excluding ortho intramolecular Hbond substituents is 1. The number of hydrogen-bond donors (Lipinski definition) is 1. The lowest BCUT2D eigenvalue weighted by atomic mass is 9.53. The van der Waals surface area contributed by atoms with Gasteiger partial charge in [0.1, 0.15) is 5.75 Å². The van der Waals surface area contributed by atoms with E-state index in [1.807, 2.05) is 6.07 Å². The Kier molecular flexibility index (Phi) is 5.39. The molecule has 1 aromatic carbocycles. The number of halogens is 3. The number of rotatable bonds is 4. The van der Waals surface area contributed by atoms with Crippen LogP contribution in [0, 0.1) is 23.2 Å². The molecule has 0 aromatic heterocycles. The largest absolute Gasteiger partial charge is 0.508 e. The fourth-order valence-electron chi connectivity index (χ4n) is 6.74. The molecule has 4 heteroatoms. The maximum Gasteiger partial charge on any atom is 0.270 e. The molecule has 0 saturated heterocycles. The molecule has 4 rings (SSSR count). The van der Waals surface area contributed by atoms with Crippen molar-refractivity contribution in [2.45, 2.75) is 64.2 Å². The zero-order valence-corrected chi connectivity index (χ0v) is 17.6. The fraction of sp³-hybridized carbons (Fsp3) is 0.652. The van der Waals surface area contributed by atoms with Gasteiger partial charge < -0.3 is 5.11 Å². The predicted octanol–water partition coefficient (Wildman–Crippen LogP) is 7.19. The van der Waals surface area contributed by atoms with Crippen molar-refractivity contribution < 1.29 is 13.9 Å². The summed E-state index contributed by atoms with van der Waals surface area (Å²) in [6, 6.07) is 5.79. The standard InChI is InChI=1S/C23H29BrF2O/c1-23-10-9-18-17-8-6-16(27)12-14(17)5-7-19(18)21(23)15(4-2-3-11-24)13-20(23)22(25)26/h6,8,12,15,18-19,21,27H,2-5,7,9-11,13H2,1H3/t15?,18-,19-,21+,23-/m1/s1. The quantitative estimate of drug-likeness (QED) is 0.389. The van der Waals surface area contributed by atoms with Gasteiger partial charge in [0.2, 0.25) is 0 Å². The lowest BCUT2D eigenvalue weighted by Crippen LogP contribution is -2.42. The molecule has 3 aliphatic carbocycles. The number of aromatic hydroxyl groups is 1. The van der Waals surface area contributed by atoms with Gasteiger partial charge >= 0.3 is 0 Å². The highest BCUT2D eigenvalue weighted by Crippen LogP contribution is 2.66. The molecule has 0 spiro atoms. The summed E-state index contributed by atoms with van der Waals surface area (Å²) in [4.78, 5) is 0. The van der Waals surface area contributed by atoms with Crippen molar-refractivity contribution in [1.82, 2.24) is 0 Å². The van der Waals surface area contributed by atoms with Crippen LogP contribution in [0.15, 0.2) is 29.9 Å². The minimum Gasteiger partial charge on any atom is -0.508 e. The molecule has 27 heavy (non-hydrogen) atoms. The Morgan fingerprint density at radius 1 is 1.26 bits per heavy atom. The van der Waals surface area contributed by atoms with Gasteiger partial charge in [0.15, 0.2) is 0 Å². The summed E-state index contributed by atoms with van der Waals surface area (Å²) in [5.74, 6) is 2.05. The highest BCUT2D eigenvalue weighted by atomic mass is 79.9. The topological polar surface area (TPSA) is 20.2 Å². The summed E-state index contributed by atoms with van der Waals surface area (Å²) >= 11 is 3.50. The second-order valence-electron chi connectivity index (χ2n) is 9.06. The number of hydrogen-bond acceptors (Lipinski definition) is 1. The molecule has 1 nitrogen and oxygen atoms in total. The van der Waals surface area contributed by atoms with Crippen molar-refractivity contribution >= 4 is 15.9 Å². The molecule has 1 aromatic rings. The van der Waals surface area contributed by atoms with Crippen molar-refractivity contribution in [3.8, 4) is 5.75 Å². The first-order valence-electron chi connectivity index (χ1n) is 10.4. The van der Waals surface area contributed by atoms with Crippen LogP contribution in [-0.4, -0.2) is 10.4 Å². The summed E-state index contributed by atoms with van der Waals surface area (Å²) < 4.78 is 27.7. The number of phenols is 1. The predicted molar refractivity (Wildman–Crippen MR) is 108 cm³/mol. The Balaban J connectivity index is 1.68. The second kappa shape index (κ2) is 7.50. The molecular formula is C23H29BrF2O. The third-order valence-corrected chi connectivity index (χ3v) is 8.37. The molecule has 2 fully saturated rings. The first-order chi connectivity index (χ1) is 13.0. The molecule has 0 heterocycles. The van der Waals surface area contributed by atoms with Gasteiger partial charge in [-0.25, -0.2) is 0 Å². The second-order valence-corrected chi connectivity index (χ2v) is 9.85. The molecule has 1 N–H and O–H groups in total. The number of allylic oxidation sites excluding steroid dienone is 1. The SMILES string of the molecule is C[C@]12CC[C@@H]3c4ccc(O)cc4CC[C@H]3[C@@H]1C(CCCCBr)CC2=C(F)F. The van der Waals surface area contributed by atoms with E-state index < -0.39 is 6.08 Å². The lowest BCUT2D eigenvalue weighted by Gasteiger charge is -2.51. The Bertz CT molecular complexity index is 742. The van der Waals surface area contributed by atoms with E-state index in [2.05, 4.69) is 28.9 Å². The number of aryl methyl sites for hydroxylation is 1. The van der Waals surface area contributed by atoms with Crippen molar-refractivity contribution in [2.24, 2.45) is 23.2 Å². The summed E-state index contributed by atoms with van der Waals surface area (Å²) in [5.41, 5.74) is 2.77. The maximum atomic E-state index is 13.9. The molecule has 0 radical (unpaired) electrons. The highest BCUT2D eigenvalue weighted by Gasteiger charge is 2.57. The van der Waals surface area contributed by atoms with Crippen LogP contribution in [0.25, 0.3) is 0 Å². The van der Waals surface area contributed by atoms with E-state index >= 15 is 0 Å². The van der Waals surface area contributed by atoms with Gasteiger partial charge in [-0.3, -0.25) is 0 Å². The van der Waals surface area contributed by atoms with E-state index in [9.17, 15) is 13.9 Å². The van der Waals surface area contributed by atoms with Crippen LogP contribution in [0.2, 0.25) is 0 Å². The van der Waals surface area contributed by atoms with Gasteiger partial charge in [-0.1, -0.05) is 35.3 Å². The van der Waals surface area contributed by atoms with Gasteiger partial charge in [-0.05, 0) is 97.3 Å². The van der Waals surface area contributed by atoms with Crippen LogP contribution in [0.4, 0.5) is 8.78 Å². The molecule has 0 aliphatic heterocycles. The monoisotopic (exact) mass is 438 g/mol. The average Bonchev–Trinajstić information content (AvgIpc) is 2.94. The minimum absolute atomic E-state index is 0.326. The third kappa shape index (κ3) is 3.26. The van der Waals surface area contributed by atoms with Crippen molar-refractivity contribution in [3.63, 3.8) is 0 Å². The van der Waals surface area contributed by atoms with Crippen molar-refractivity contribution in [2.75, 3.05) is 5.33 Å². The molecule has 148 valence electrons. The molecule has 0 amide bonds. The minimum atomic E-state index is -1.41. The van der Waals surface area contributed by atoms with E-state index in [0.29, 0.717) is 41.4 Å². The Labute approximate surface area is 169 Å². The van der Waals surface area contributed by atoms with E-state index in [4.69, 9.17) is 0 Å². The van der Waals surface area contributed by atoms with Crippen LogP contribution in [-0.2, 0) is 6.42 Å². The first kappa shape index (κ1) is 19.4. The number of unbranched alkanes of at least 4 members (excludes halogenated alkanes) is 1. The van der Waals surface area contributed by atoms with Crippen molar-refractivity contribution in [1.29, 1.82) is 0 Å². The van der Waals surface area contributed by atoms with Crippen LogP contribution < -0.4 is 0 Å². The van der Waals surface area contributed by atoms with Gasteiger partial charge in [-0.15, -0.1) is 0 Å². The zero-order chi connectivity index (χ0) is 19.2. The third-order valence-electron chi connectivity index (χ3n) is 7.81. The van der Waals surface area contributed by atoms with Crippen LogP contribution in [0.3, 0.4) is 0 Å². The van der Waals surface area contributed by atoms with Crippen LogP contribution in [0.1, 0.15) is 68.9 Å². The normalized spacial score (nSPS) is 34.7. The van der Waals surface area contributed by atoms with Crippen LogP contribution in [0.5, 0.6) is 5.75 Å².